The number of hydrogen-bond donors (Lipinski definition) is 1. The number of ether oxygens (including phenoxy) is 1. The van der Waals surface area contributed by atoms with Crippen LogP contribution in [0.3, 0.4) is 0 Å². The predicted molar refractivity (Wildman–Crippen MR) is 120 cm³/mol. The number of rotatable bonds is 6. The zero-order chi connectivity index (χ0) is 18.4. The predicted octanol–water partition coefficient (Wildman–Crippen LogP) is 3.04. The lowest BCUT2D eigenvalue weighted by Gasteiger charge is -2.21. The third kappa shape index (κ3) is 5.85. The van der Waals surface area contributed by atoms with Crippen LogP contribution < -0.4 is 10.1 Å². The third-order valence-corrected chi connectivity index (χ3v) is 4.82. The lowest BCUT2D eigenvalue weighted by molar-refractivity contribution is 0.414. The number of nitrogens with zero attached hydrogens (tertiary/aromatic N) is 4. The molecule has 6 nitrogen and oxygen atoms in total. The van der Waals surface area contributed by atoms with Crippen LogP contribution in [-0.4, -0.2) is 53.9 Å². The fraction of sp³-hybridized carbons (Fsp3) is 0.500. The minimum Gasteiger partial charge on any atom is -0.497 e. The summed E-state index contributed by atoms with van der Waals surface area (Å²) in [5, 5.41) is 7.75. The molecule has 1 unspecified atom stereocenters. The van der Waals surface area contributed by atoms with Crippen molar-refractivity contribution in [3.05, 3.63) is 47.8 Å². The monoisotopic (exact) mass is 483 g/mol. The Hall–Kier alpha value is -1.77. The Morgan fingerprint density at radius 2 is 2.26 bits per heavy atom. The minimum atomic E-state index is 0. The Morgan fingerprint density at radius 3 is 2.96 bits per heavy atom. The van der Waals surface area contributed by atoms with E-state index in [4.69, 9.17) is 9.73 Å². The van der Waals surface area contributed by atoms with E-state index < -0.39 is 0 Å². The second-order valence-electron chi connectivity index (χ2n) is 6.72. The number of halogens is 1. The van der Waals surface area contributed by atoms with Gasteiger partial charge < -0.3 is 15.0 Å². The summed E-state index contributed by atoms with van der Waals surface area (Å²) in [6, 6.07) is 8.21. The van der Waals surface area contributed by atoms with Crippen LogP contribution in [0.5, 0.6) is 5.75 Å². The van der Waals surface area contributed by atoms with Gasteiger partial charge in [-0.3, -0.25) is 9.67 Å². The van der Waals surface area contributed by atoms with Crippen molar-refractivity contribution in [3.63, 3.8) is 0 Å². The molecule has 1 N–H and O–H groups in total. The Kier molecular flexibility index (Phi) is 8.40. The molecule has 1 aromatic carbocycles. The molecule has 0 saturated carbocycles. The van der Waals surface area contributed by atoms with Crippen LogP contribution >= 0.6 is 24.0 Å². The summed E-state index contributed by atoms with van der Waals surface area (Å²) >= 11 is 0. The Morgan fingerprint density at radius 1 is 1.41 bits per heavy atom. The molecule has 0 amide bonds. The number of aryl methyl sites for hydroxylation is 1. The summed E-state index contributed by atoms with van der Waals surface area (Å²) in [6.45, 7) is 5.79. The first-order chi connectivity index (χ1) is 12.7. The van der Waals surface area contributed by atoms with Crippen molar-refractivity contribution in [1.82, 2.24) is 20.0 Å². The molecule has 0 spiro atoms. The average Bonchev–Trinajstić information content (AvgIpc) is 3.30. The molecule has 7 heteroatoms. The second-order valence-corrected chi connectivity index (χ2v) is 6.72. The van der Waals surface area contributed by atoms with Crippen molar-refractivity contribution in [1.29, 1.82) is 0 Å². The standard InChI is InChI=1S/C20H29N5O.HI/c1-4-21-20(22-10-8-16-6-5-7-19(12-16)26-3)25-11-9-17(15-25)18-13-23-24(2)14-18;/h5-7,12-14,17H,4,8-11,15H2,1-3H3,(H,21,22);1H. The minimum absolute atomic E-state index is 0. The number of hydrogen-bond acceptors (Lipinski definition) is 3. The van der Waals surface area contributed by atoms with Gasteiger partial charge in [0.25, 0.3) is 0 Å². The Labute approximate surface area is 179 Å². The topological polar surface area (TPSA) is 54.7 Å². The van der Waals surface area contributed by atoms with Crippen molar-refractivity contribution in [2.45, 2.75) is 25.7 Å². The summed E-state index contributed by atoms with van der Waals surface area (Å²) < 4.78 is 7.17. The van der Waals surface area contributed by atoms with Crippen molar-refractivity contribution in [3.8, 4) is 5.75 Å². The molecule has 1 aromatic heterocycles. The van der Waals surface area contributed by atoms with E-state index in [0.717, 1.165) is 50.7 Å². The van der Waals surface area contributed by atoms with Gasteiger partial charge in [0.05, 0.1) is 13.3 Å². The quantitative estimate of drug-likeness (QED) is 0.390. The van der Waals surface area contributed by atoms with Gasteiger partial charge in [0.1, 0.15) is 5.75 Å². The van der Waals surface area contributed by atoms with Gasteiger partial charge in [-0.15, -0.1) is 24.0 Å². The van der Waals surface area contributed by atoms with Crippen molar-refractivity contribution in [2.75, 3.05) is 33.3 Å². The fourth-order valence-electron chi connectivity index (χ4n) is 3.42. The normalized spacial score (nSPS) is 16.9. The highest BCUT2D eigenvalue weighted by molar-refractivity contribution is 14.0. The van der Waals surface area contributed by atoms with E-state index in [0.29, 0.717) is 5.92 Å². The van der Waals surface area contributed by atoms with Crippen molar-refractivity contribution >= 4 is 29.9 Å². The molecule has 0 bridgehead atoms. The van der Waals surface area contributed by atoms with Gasteiger partial charge in [-0.2, -0.15) is 5.10 Å². The maximum atomic E-state index is 5.29. The summed E-state index contributed by atoms with van der Waals surface area (Å²) in [6.07, 6.45) is 6.17. The molecular formula is C20H30IN5O. The number of guanidine groups is 1. The maximum absolute atomic E-state index is 5.29. The van der Waals surface area contributed by atoms with E-state index >= 15 is 0 Å². The SMILES string of the molecule is CCNC(=NCCc1cccc(OC)c1)N1CCC(c2cnn(C)c2)C1.I. The molecule has 1 aliphatic rings. The molecule has 0 radical (unpaired) electrons. The van der Waals surface area contributed by atoms with Crippen molar-refractivity contribution < 1.29 is 4.74 Å². The summed E-state index contributed by atoms with van der Waals surface area (Å²) in [4.78, 5) is 7.22. The number of benzene rings is 1. The number of aromatic nitrogens is 2. The number of nitrogens with one attached hydrogen (secondary N) is 1. The number of aliphatic imine (C=N–C) groups is 1. The molecule has 1 aliphatic heterocycles. The average molecular weight is 483 g/mol. The van der Waals surface area contributed by atoms with Crippen LogP contribution in [0, 0.1) is 0 Å². The van der Waals surface area contributed by atoms with E-state index in [1.165, 1.54) is 11.1 Å². The van der Waals surface area contributed by atoms with Gasteiger partial charge in [0, 0.05) is 45.3 Å². The molecular weight excluding hydrogens is 453 g/mol. The van der Waals surface area contributed by atoms with Gasteiger partial charge in [0.15, 0.2) is 5.96 Å². The van der Waals surface area contributed by atoms with Crippen molar-refractivity contribution in [2.24, 2.45) is 12.0 Å². The first-order valence-electron chi connectivity index (χ1n) is 9.34. The number of methoxy groups -OCH3 is 1. The van der Waals surface area contributed by atoms with E-state index in [1.807, 2.05) is 30.1 Å². The lowest BCUT2D eigenvalue weighted by atomic mass is 10.0. The highest BCUT2D eigenvalue weighted by Crippen LogP contribution is 2.26. The highest BCUT2D eigenvalue weighted by atomic mass is 127. The molecule has 27 heavy (non-hydrogen) atoms. The van der Waals surface area contributed by atoms with Crippen LogP contribution in [0.1, 0.15) is 30.4 Å². The van der Waals surface area contributed by atoms with E-state index in [-0.39, 0.29) is 24.0 Å². The van der Waals surface area contributed by atoms with Crippen LogP contribution in [0.2, 0.25) is 0 Å². The van der Waals surface area contributed by atoms with E-state index in [1.54, 1.807) is 7.11 Å². The molecule has 2 heterocycles. The Bertz CT molecular complexity index is 745. The van der Waals surface area contributed by atoms with Gasteiger partial charge in [0.2, 0.25) is 0 Å². The van der Waals surface area contributed by atoms with Gasteiger partial charge in [-0.1, -0.05) is 12.1 Å². The molecule has 0 aliphatic carbocycles. The number of likely N-dealkylation sites (tertiary alicyclic amines) is 1. The molecule has 1 atom stereocenters. The van der Waals surface area contributed by atoms with Gasteiger partial charge in [-0.25, -0.2) is 0 Å². The van der Waals surface area contributed by atoms with E-state index in [9.17, 15) is 0 Å². The smallest absolute Gasteiger partial charge is 0.193 e. The zero-order valence-corrected chi connectivity index (χ0v) is 18.7. The lowest BCUT2D eigenvalue weighted by Crippen LogP contribution is -2.40. The van der Waals surface area contributed by atoms with E-state index in [2.05, 4.69) is 40.6 Å². The first kappa shape index (κ1) is 21.5. The first-order valence-corrected chi connectivity index (χ1v) is 9.34. The molecule has 1 fully saturated rings. The van der Waals surface area contributed by atoms with Crippen LogP contribution in [-0.2, 0) is 13.5 Å². The largest absolute Gasteiger partial charge is 0.497 e. The van der Waals surface area contributed by atoms with Gasteiger partial charge in [-0.05, 0) is 43.0 Å². The van der Waals surface area contributed by atoms with Crippen LogP contribution in [0.25, 0.3) is 0 Å². The summed E-state index contributed by atoms with van der Waals surface area (Å²) in [5.41, 5.74) is 2.57. The van der Waals surface area contributed by atoms with Crippen LogP contribution in [0.15, 0.2) is 41.7 Å². The Balaban J connectivity index is 0.00000261. The zero-order valence-electron chi connectivity index (χ0n) is 16.4. The molecule has 3 rings (SSSR count). The van der Waals surface area contributed by atoms with Crippen LogP contribution in [0.4, 0.5) is 0 Å². The molecule has 148 valence electrons. The molecule has 2 aromatic rings. The maximum Gasteiger partial charge on any atom is 0.193 e. The second kappa shape index (κ2) is 10.5. The highest BCUT2D eigenvalue weighted by Gasteiger charge is 2.26. The summed E-state index contributed by atoms with van der Waals surface area (Å²) in [7, 11) is 3.67. The third-order valence-electron chi connectivity index (χ3n) is 4.82. The summed E-state index contributed by atoms with van der Waals surface area (Å²) in [5.74, 6) is 2.45. The fourth-order valence-corrected chi connectivity index (χ4v) is 3.42. The van der Waals surface area contributed by atoms with Gasteiger partial charge >= 0.3 is 0 Å². The molecule has 1 saturated heterocycles.